The number of rotatable bonds is 14. The molecule has 2 aromatic carbocycles. The fourth-order valence-electron chi connectivity index (χ4n) is 2.72. The van der Waals surface area contributed by atoms with Gasteiger partial charge >= 0.3 is 11.9 Å². The molecule has 2 rings (SSSR count). The summed E-state index contributed by atoms with van der Waals surface area (Å²) in [6, 6.07) is 15.9. The minimum absolute atomic E-state index is 0.311. The molecule has 0 atom stereocenters. The van der Waals surface area contributed by atoms with Crippen LogP contribution in [0.5, 0.6) is 11.5 Å². The first kappa shape index (κ1) is 25.7. The van der Waals surface area contributed by atoms with E-state index in [9.17, 15) is 9.59 Å². The number of hydrogen-bond donors (Lipinski definition) is 0. The van der Waals surface area contributed by atoms with Gasteiger partial charge in [0.1, 0.15) is 11.5 Å². The Morgan fingerprint density at radius 1 is 0.636 bits per heavy atom. The molecule has 0 amide bonds. The molecule has 0 heterocycles. The first-order valence-corrected chi connectivity index (χ1v) is 10.9. The summed E-state index contributed by atoms with van der Waals surface area (Å²) in [6.45, 7) is 11.9. The molecule has 33 heavy (non-hydrogen) atoms. The predicted molar refractivity (Wildman–Crippen MR) is 127 cm³/mol. The third kappa shape index (κ3) is 10.1. The summed E-state index contributed by atoms with van der Waals surface area (Å²) in [4.78, 5) is 22.6. The molecule has 0 bridgehead atoms. The van der Waals surface area contributed by atoms with Gasteiger partial charge in [-0.05, 0) is 55.7 Å². The van der Waals surface area contributed by atoms with E-state index >= 15 is 0 Å². The molecule has 0 saturated heterocycles. The van der Waals surface area contributed by atoms with Crippen molar-refractivity contribution >= 4 is 11.9 Å². The zero-order valence-electron chi connectivity index (χ0n) is 19.4. The summed E-state index contributed by atoms with van der Waals surface area (Å²) in [5, 5.41) is 0. The maximum Gasteiger partial charge on any atom is 0.333 e. The van der Waals surface area contributed by atoms with Crippen molar-refractivity contribution in [1.82, 2.24) is 0 Å². The molecule has 0 aliphatic heterocycles. The van der Waals surface area contributed by atoms with Gasteiger partial charge in [-0.15, -0.1) is 0 Å². The Balaban J connectivity index is 1.66. The standard InChI is InChI=1S/C27H32O6/c1-20(2)26(28)32-17-5-15-30-24-11-7-22(8-12-24)19-23-9-13-25(14-10-23)31-16-6-18-33-27(29)21(3)4/h7-14H,1,3,5-6,15-19H2,2,4H3. The molecule has 6 nitrogen and oxygen atoms in total. The maximum absolute atomic E-state index is 11.3. The third-order valence-electron chi connectivity index (χ3n) is 4.53. The summed E-state index contributed by atoms with van der Waals surface area (Å²) >= 11 is 0. The van der Waals surface area contributed by atoms with Crippen molar-refractivity contribution in [1.29, 1.82) is 0 Å². The Kier molecular flexibility index (Phi) is 10.7. The summed E-state index contributed by atoms with van der Waals surface area (Å²) < 4.78 is 21.4. The van der Waals surface area contributed by atoms with Crippen molar-refractivity contribution in [2.75, 3.05) is 26.4 Å². The van der Waals surface area contributed by atoms with Gasteiger partial charge in [0.2, 0.25) is 0 Å². The van der Waals surface area contributed by atoms with Crippen molar-refractivity contribution in [3.8, 4) is 11.5 Å². The van der Waals surface area contributed by atoms with Crippen molar-refractivity contribution in [3.63, 3.8) is 0 Å². The molecular formula is C27H32O6. The van der Waals surface area contributed by atoms with Gasteiger partial charge in [-0.3, -0.25) is 0 Å². The second kappa shape index (κ2) is 13.8. The van der Waals surface area contributed by atoms with Gasteiger partial charge in [0.05, 0.1) is 26.4 Å². The second-order valence-corrected chi connectivity index (χ2v) is 7.70. The largest absolute Gasteiger partial charge is 0.493 e. The number of carbonyl (C=O) groups is 2. The molecular weight excluding hydrogens is 420 g/mol. The van der Waals surface area contributed by atoms with Crippen molar-refractivity contribution in [2.24, 2.45) is 0 Å². The van der Waals surface area contributed by atoms with Crippen LogP contribution in [0.25, 0.3) is 0 Å². The van der Waals surface area contributed by atoms with E-state index in [-0.39, 0.29) is 11.9 Å². The van der Waals surface area contributed by atoms with Gasteiger partial charge in [0.25, 0.3) is 0 Å². The number of benzene rings is 2. The van der Waals surface area contributed by atoms with Crippen LogP contribution in [-0.4, -0.2) is 38.4 Å². The monoisotopic (exact) mass is 452 g/mol. The Hall–Kier alpha value is -3.54. The highest BCUT2D eigenvalue weighted by molar-refractivity contribution is 5.87. The molecule has 0 aliphatic carbocycles. The molecule has 0 spiro atoms. The highest BCUT2D eigenvalue weighted by Crippen LogP contribution is 2.18. The van der Waals surface area contributed by atoms with Gasteiger partial charge in [0, 0.05) is 24.0 Å². The fraction of sp³-hybridized carbons (Fsp3) is 0.333. The van der Waals surface area contributed by atoms with Crippen LogP contribution in [-0.2, 0) is 25.5 Å². The van der Waals surface area contributed by atoms with E-state index in [0.717, 1.165) is 17.9 Å². The predicted octanol–water partition coefficient (Wildman–Crippen LogP) is 5.05. The summed E-state index contributed by atoms with van der Waals surface area (Å²) in [6.07, 6.45) is 2.04. The number of esters is 2. The van der Waals surface area contributed by atoms with Crippen LogP contribution in [0.4, 0.5) is 0 Å². The molecule has 0 saturated carbocycles. The molecule has 6 heteroatoms. The molecule has 0 aliphatic rings. The van der Waals surface area contributed by atoms with E-state index in [1.807, 2.05) is 48.5 Å². The van der Waals surface area contributed by atoms with Gasteiger partial charge < -0.3 is 18.9 Å². The van der Waals surface area contributed by atoms with E-state index in [1.165, 1.54) is 11.1 Å². The van der Waals surface area contributed by atoms with Gasteiger partial charge in [-0.2, -0.15) is 0 Å². The SMILES string of the molecule is C=C(C)C(=O)OCCCOc1ccc(Cc2ccc(OCCCOC(=O)C(=C)C)cc2)cc1. The van der Waals surface area contributed by atoms with Crippen molar-refractivity contribution in [2.45, 2.75) is 33.1 Å². The van der Waals surface area contributed by atoms with Gasteiger partial charge in [-0.1, -0.05) is 37.4 Å². The lowest BCUT2D eigenvalue weighted by Crippen LogP contribution is -2.09. The summed E-state index contributed by atoms with van der Waals surface area (Å²) in [5.74, 6) is 0.812. The van der Waals surface area contributed by atoms with E-state index in [2.05, 4.69) is 13.2 Å². The molecule has 0 fully saturated rings. The minimum atomic E-state index is -0.374. The van der Waals surface area contributed by atoms with Crippen LogP contribution >= 0.6 is 0 Å². The first-order chi connectivity index (χ1) is 15.8. The lowest BCUT2D eigenvalue weighted by Gasteiger charge is -2.09. The van der Waals surface area contributed by atoms with E-state index in [1.54, 1.807) is 13.8 Å². The Labute approximate surface area is 195 Å². The Bertz CT molecular complexity index is 851. The Morgan fingerprint density at radius 3 is 1.33 bits per heavy atom. The van der Waals surface area contributed by atoms with Crippen LogP contribution in [0.1, 0.15) is 37.8 Å². The second-order valence-electron chi connectivity index (χ2n) is 7.70. The van der Waals surface area contributed by atoms with Crippen LogP contribution in [0.15, 0.2) is 72.8 Å². The van der Waals surface area contributed by atoms with E-state index in [0.29, 0.717) is 50.4 Å². The van der Waals surface area contributed by atoms with Crippen LogP contribution in [0, 0.1) is 0 Å². The molecule has 0 aromatic heterocycles. The zero-order chi connectivity index (χ0) is 24.1. The summed E-state index contributed by atoms with van der Waals surface area (Å²) in [5.41, 5.74) is 3.14. The lowest BCUT2D eigenvalue weighted by atomic mass is 10.0. The Morgan fingerprint density at radius 2 is 1.00 bits per heavy atom. The number of hydrogen-bond acceptors (Lipinski definition) is 6. The van der Waals surface area contributed by atoms with Crippen LogP contribution in [0.3, 0.4) is 0 Å². The normalized spacial score (nSPS) is 10.2. The molecule has 0 N–H and O–H groups in total. The van der Waals surface area contributed by atoms with Gasteiger partial charge in [-0.25, -0.2) is 9.59 Å². The van der Waals surface area contributed by atoms with Gasteiger partial charge in [0.15, 0.2) is 0 Å². The lowest BCUT2D eigenvalue weighted by molar-refractivity contribution is -0.140. The van der Waals surface area contributed by atoms with Crippen LogP contribution < -0.4 is 9.47 Å². The average Bonchev–Trinajstić information content (AvgIpc) is 2.80. The molecule has 0 unspecified atom stereocenters. The maximum atomic E-state index is 11.3. The molecule has 2 aromatic rings. The van der Waals surface area contributed by atoms with Crippen LogP contribution in [0.2, 0.25) is 0 Å². The highest BCUT2D eigenvalue weighted by atomic mass is 16.5. The topological polar surface area (TPSA) is 71.1 Å². The molecule has 176 valence electrons. The zero-order valence-corrected chi connectivity index (χ0v) is 19.4. The highest BCUT2D eigenvalue weighted by Gasteiger charge is 2.04. The van der Waals surface area contributed by atoms with E-state index in [4.69, 9.17) is 18.9 Å². The number of ether oxygens (including phenoxy) is 4. The summed E-state index contributed by atoms with van der Waals surface area (Å²) in [7, 11) is 0. The minimum Gasteiger partial charge on any atom is -0.493 e. The van der Waals surface area contributed by atoms with Crippen molar-refractivity contribution in [3.05, 3.63) is 84.0 Å². The van der Waals surface area contributed by atoms with Crippen molar-refractivity contribution < 1.29 is 28.5 Å². The smallest absolute Gasteiger partial charge is 0.333 e. The third-order valence-corrected chi connectivity index (χ3v) is 4.53. The first-order valence-electron chi connectivity index (χ1n) is 10.9. The average molecular weight is 453 g/mol. The molecule has 0 radical (unpaired) electrons. The number of carbonyl (C=O) groups excluding carboxylic acids is 2. The quantitative estimate of drug-likeness (QED) is 0.227. The fourth-order valence-corrected chi connectivity index (χ4v) is 2.72. The van der Waals surface area contributed by atoms with E-state index < -0.39 is 0 Å².